The monoisotopic (exact) mass is 252 g/mol. The van der Waals surface area contributed by atoms with Gasteiger partial charge in [-0.15, -0.1) is 0 Å². The summed E-state index contributed by atoms with van der Waals surface area (Å²) < 4.78 is 7.56. The minimum atomic E-state index is -0.692. The number of nitrogens with one attached hydrogen (secondary N) is 1. The standard InChI is InChI=1S/C11H16N4O3/c16-4-7-1-2-9(18-7)15-6-14-10-8(17)3-12-5-13-11(10)15/h5-9,16-17H,1-4H2,(H,12,13)/t7-,8+,9+/m0/s1. The molecular formula is C11H16N4O3. The van der Waals surface area contributed by atoms with E-state index in [1.807, 2.05) is 4.57 Å². The van der Waals surface area contributed by atoms with E-state index in [9.17, 15) is 5.11 Å². The van der Waals surface area contributed by atoms with Crippen LogP contribution in [-0.2, 0) is 4.74 Å². The quantitative estimate of drug-likeness (QED) is 0.691. The lowest BCUT2D eigenvalue weighted by atomic mass is 10.2. The minimum absolute atomic E-state index is 0.0326. The third kappa shape index (κ3) is 1.90. The molecule has 1 aromatic heterocycles. The van der Waals surface area contributed by atoms with Crippen molar-refractivity contribution in [3.63, 3.8) is 0 Å². The number of aliphatic hydroxyl groups is 2. The third-order valence-corrected chi connectivity index (χ3v) is 3.31. The molecule has 3 N–H and O–H groups in total. The molecule has 2 aliphatic rings. The molecule has 0 radical (unpaired) electrons. The van der Waals surface area contributed by atoms with Crippen LogP contribution >= 0.6 is 0 Å². The summed E-state index contributed by atoms with van der Waals surface area (Å²) >= 11 is 0. The molecule has 1 aromatic rings. The smallest absolute Gasteiger partial charge is 0.139 e. The van der Waals surface area contributed by atoms with Crippen molar-refractivity contribution in [2.45, 2.75) is 31.3 Å². The normalized spacial score (nSPS) is 30.9. The van der Waals surface area contributed by atoms with E-state index in [1.165, 1.54) is 0 Å². The second-order valence-corrected chi connectivity index (χ2v) is 4.51. The number of fused-ring (bicyclic) bond motifs is 1. The molecule has 0 aromatic carbocycles. The van der Waals surface area contributed by atoms with Crippen LogP contribution in [0.15, 0.2) is 11.3 Å². The maximum Gasteiger partial charge on any atom is 0.139 e. The van der Waals surface area contributed by atoms with Gasteiger partial charge in [0.05, 0.1) is 31.9 Å². The first-order valence-electron chi connectivity index (χ1n) is 6.05. The summed E-state index contributed by atoms with van der Waals surface area (Å²) in [5.74, 6) is 0.715. The number of hydrogen-bond acceptors (Lipinski definition) is 6. The molecule has 0 aliphatic carbocycles. The Hall–Kier alpha value is -1.44. The van der Waals surface area contributed by atoms with E-state index in [-0.39, 0.29) is 18.9 Å². The summed E-state index contributed by atoms with van der Waals surface area (Å²) in [6.45, 7) is 0.340. The zero-order valence-corrected chi connectivity index (χ0v) is 9.86. The molecule has 0 amide bonds. The molecule has 0 bridgehead atoms. The first kappa shape index (κ1) is 11.6. The summed E-state index contributed by atoms with van der Waals surface area (Å²) in [5, 5.41) is 22.0. The topological polar surface area (TPSA) is 91.9 Å². The van der Waals surface area contributed by atoms with Crippen molar-refractivity contribution in [3.05, 3.63) is 12.0 Å². The van der Waals surface area contributed by atoms with E-state index in [1.54, 1.807) is 12.7 Å². The number of aromatic nitrogens is 2. The number of ether oxygens (including phenoxy) is 1. The Balaban J connectivity index is 1.88. The Morgan fingerprint density at radius 2 is 2.39 bits per heavy atom. The zero-order valence-electron chi connectivity index (χ0n) is 9.86. The van der Waals surface area contributed by atoms with Crippen molar-refractivity contribution in [3.8, 4) is 0 Å². The van der Waals surface area contributed by atoms with Crippen LogP contribution in [0.5, 0.6) is 0 Å². The summed E-state index contributed by atoms with van der Waals surface area (Å²) in [5.41, 5.74) is 0.587. The highest BCUT2D eigenvalue weighted by Crippen LogP contribution is 2.33. The molecule has 0 saturated carbocycles. The SMILES string of the molecule is OC[C@@H]1CC[C@H](n2cnc3c2NC=NC[C@H]3O)O1. The van der Waals surface area contributed by atoms with E-state index in [0.717, 1.165) is 12.8 Å². The van der Waals surface area contributed by atoms with Crippen LogP contribution in [-0.4, -0.2) is 45.4 Å². The molecule has 0 spiro atoms. The van der Waals surface area contributed by atoms with Gasteiger partial charge in [-0.1, -0.05) is 0 Å². The van der Waals surface area contributed by atoms with Gasteiger partial charge in [-0.05, 0) is 12.8 Å². The second kappa shape index (κ2) is 4.68. The maximum atomic E-state index is 9.89. The summed E-state index contributed by atoms with van der Waals surface area (Å²) in [6.07, 6.45) is 3.91. The van der Waals surface area contributed by atoms with Gasteiger partial charge < -0.3 is 20.3 Å². The lowest BCUT2D eigenvalue weighted by molar-refractivity contribution is -0.0214. The fourth-order valence-corrected chi connectivity index (χ4v) is 2.36. The van der Waals surface area contributed by atoms with E-state index in [2.05, 4.69) is 15.3 Å². The van der Waals surface area contributed by atoms with E-state index in [4.69, 9.17) is 9.84 Å². The zero-order chi connectivity index (χ0) is 12.5. The molecule has 3 rings (SSSR count). The molecule has 1 fully saturated rings. The predicted octanol–water partition coefficient (Wildman–Crippen LogP) is 0.0402. The van der Waals surface area contributed by atoms with Gasteiger partial charge in [0.15, 0.2) is 0 Å². The molecule has 18 heavy (non-hydrogen) atoms. The minimum Gasteiger partial charge on any atom is -0.394 e. The van der Waals surface area contributed by atoms with Crippen LogP contribution in [0.4, 0.5) is 5.82 Å². The van der Waals surface area contributed by atoms with Crippen LogP contribution in [0.3, 0.4) is 0 Å². The van der Waals surface area contributed by atoms with E-state index in [0.29, 0.717) is 18.1 Å². The largest absolute Gasteiger partial charge is 0.394 e. The first-order chi connectivity index (χ1) is 8.79. The Kier molecular flexibility index (Phi) is 3.02. The molecule has 98 valence electrons. The third-order valence-electron chi connectivity index (χ3n) is 3.31. The van der Waals surface area contributed by atoms with Gasteiger partial charge in [-0.3, -0.25) is 9.56 Å². The highest BCUT2D eigenvalue weighted by Gasteiger charge is 2.30. The Morgan fingerprint density at radius 1 is 1.50 bits per heavy atom. The summed E-state index contributed by atoms with van der Waals surface area (Å²) in [4.78, 5) is 8.24. The van der Waals surface area contributed by atoms with E-state index >= 15 is 0 Å². The molecule has 1 saturated heterocycles. The highest BCUT2D eigenvalue weighted by molar-refractivity contribution is 5.76. The van der Waals surface area contributed by atoms with Crippen molar-refractivity contribution >= 4 is 12.2 Å². The van der Waals surface area contributed by atoms with Crippen molar-refractivity contribution < 1.29 is 14.9 Å². The van der Waals surface area contributed by atoms with Gasteiger partial charge in [0.1, 0.15) is 23.8 Å². The fourth-order valence-electron chi connectivity index (χ4n) is 2.36. The maximum absolute atomic E-state index is 9.89. The summed E-state index contributed by atoms with van der Waals surface area (Å²) in [7, 11) is 0. The van der Waals surface area contributed by atoms with Crippen molar-refractivity contribution in [2.75, 3.05) is 18.5 Å². The van der Waals surface area contributed by atoms with Gasteiger partial charge in [0.25, 0.3) is 0 Å². The highest BCUT2D eigenvalue weighted by atomic mass is 16.5. The molecule has 3 heterocycles. The number of anilines is 1. The predicted molar refractivity (Wildman–Crippen MR) is 64.4 cm³/mol. The number of imidazole rings is 1. The lowest BCUT2D eigenvalue weighted by Crippen LogP contribution is -2.15. The lowest BCUT2D eigenvalue weighted by Gasteiger charge is -2.16. The van der Waals surface area contributed by atoms with Crippen LogP contribution in [0.1, 0.15) is 30.9 Å². The van der Waals surface area contributed by atoms with Gasteiger partial charge in [0, 0.05) is 0 Å². The van der Waals surface area contributed by atoms with Crippen molar-refractivity contribution in [1.82, 2.24) is 9.55 Å². The molecule has 0 unspecified atom stereocenters. The van der Waals surface area contributed by atoms with Gasteiger partial charge in [-0.2, -0.15) is 0 Å². The van der Waals surface area contributed by atoms with Crippen molar-refractivity contribution in [1.29, 1.82) is 0 Å². The number of hydrogen-bond donors (Lipinski definition) is 3. The average molecular weight is 252 g/mol. The molecule has 2 aliphatic heterocycles. The Labute approximate surface area is 104 Å². The van der Waals surface area contributed by atoms with Gasteiger partial charge in [0.2, 0.25) is 0 Å². The van der Waals surface area contributed by atoms with Gasteiger partial charge in [-0.25, -0.2) is 4.98 Å². The second-order valence-electron chi connectivity index (χ2n) is 4.51. The van der Waals surface area contributed by atoms with Crippen LogP contribution in [0.25, 0.3) is 0 Å². The van der Waals surface area contributed by atoms with Gasteiger partial charge >= 0.3 is 0 Å². The first-order valence-corrected chi connectivity index (χ1v) is 6.05. The van der Waals surface area contributed by atoms with E-state index < -0.39 is 6.10 Å². The van der Waals surface area contributed by atoms with Crippen LogP contribution < -0.4 is 5.32 Å². The van der Waals surface area contributed by atoms with Crippen LogP contribution in [0.2, 0.25) is 0 Å². The Morgan fingerprint density at radius 3 is 3.17 bits per heavy atom. The molecular weight excluding hydrogens is 236 g/mol. The summed E-state index contributed by atoms with van der Waals surface area (Å²) in [6, 6.07) is 0. The number of aliphatic imine (C=N–C) groups is 1. The van der Waals surface area contributed by atoms with Crippen LogP contribution in [0, 0.1) is 0 Å². The number of nitrogens with zero attached hydrogens (tertiary/aromatic N) is 3. The Bertz CT molecular complexity index is 459. The fraction of sp³-hybridized carbons (Fsp3) is 0.636. The molecule has 7 heteroatoms. The van der Waals surface area contributed by atoms with Crippen molar-refractivity contribution in [2.24, 2.45) is 4.99 Å². The molecule has 7 nitrogen and oxygen atoms in total. The molecule has 3 atom stereocenters. The number of aliphatic hydroxyl groups excluding tert-OH is 2. The number of rotatable bonds is 2. The average Bonchev–Trinajstić information content (AvgIpc) is 2.96.